The Morgan fingerprint density at radius 2 is 1.89 bits per heavy atom. The van der Waals surface area contributed by atoms with Crippen LogP contribution in [0, 0.1) is 17.7 Å². The summed E-state index contributed by atoms with van der Waals surface area (Å²) in [5.41, 5.74) is -2.44. The lowest BCUT2D eigenvalue weighted by Crippen LogP contribution is -2.59. The summed E-state index contributed by atoms with van der Waals surface area (Å²) < 4.78 is 65.3. The van der Waals surface area contributed by atoms with Gasteiger partial charge in [-0.15, -0.1) is 0 Å². The molecule has 6 atom stereocenters. The molecule has 3 N–H and O–H groups in total. The molecule has 4 amide bonds. The molecule has 2 aromatic rings. The third-order valence-electron chi connectivity index (χ3n) is 10.4. The summed E-state index contributed by atoms with van der Waals surface area (Å²) in [6.45, 7) is 5.07. The number of pyridine rings is 1. The van der Waals surface area contributed by atoms with E-state index in [1.54, 1.807) is 26.8 Å². The average Bonchev–Trinajstić information content (AvgIpc) is 4.04. The van der Waals surface area contributed by atoms with Crippen LogP contribution >= 0.6 is 0 Å². The number of ether oxygens (including phenoxy) is 4. The number of benzene rings is 1. The van der Waals surface area contributed by atoms with E-state index in [2.05, 4.69) is 20.3 Å². The van der Waals surface area contributed by atoms with Gasteiger partial charge in [-0.3, -0.25) is 19.1 Å². The number of hydrogen-bond acceptors (Lipinski definition) is 11. The summed E-state index contributed by atoms with van der Waals surface area (Å²) in [6, 6.07) is 1.99. The van der Waals surface area contributed by atoms with Crippen LogP contribution in [-0.2, 0) is 33.9 Å². The van der Waals surface area contributed by atoms with Crippen molar-refractivity contribution in [3.05, 3.63) is 42.4 Å². The molecule has 1 aromatic heterocycles. The third-order valence-corrected chi connectivity index (χ3v) is 12.3. The van der Waals surface area contributed by atoms with Crippen LogP contribution in [-0.4, -0.2) is 104 Å². The summed E-state index contributed by atoms with van der Waals surface area (Å²) in [5.74, 6) is -3.68. The van der Waals surface area contributed by atoms with Crippen molar-refractivity contribution in [2.24, 2.45) is 11.8 Å². The van der Waals surface area contributed by atoms with Crippen molar-refractivity contribution in [1.82, 2.24) is 25.2 Å². The predicted octanol–water partition coefficient (Wildman–Crippen LogP) is 3.50. The van der Waals surface area contributed by atoms with Gasteiger partial charge in [0.05, 0.1) is 25.5 Å². The van der Waals surface area contributed by atoms with E-state index in [0.29, 0.717) is 49.3 Å². The summed E-state index contributed by atoms with van der Waals surface area (Å²) in [5, 5.41) is 5.85. The lowest BCUT2D eigenvalue weighted by molar-refractivity contribution is -0.142. The molecule has 1 saturated heterocycles. The number of nitrogens with zero attached hydrogens (tertiary/aromatic N) is 2. The monoisotopic (exact) mass is 787 g/mol. The summed E-state index contributed by atoms with van der Waals surface area (Å²) in [6.07, 6.45) is 7.02. The highest BCUT2D eigenvalue weighted by Gasteiger charge is 2.62. The molecule has 3 fully saturated rings. The number of fused-ring (bicyclic) bond motifs is 3. The fraction of sp³-hybridized carbons (Fsp3) is 0.605. The second-order valence-corrected chi connectivity index (χ2v) is 17.8. The van der Waals surface area contributed by atoms with Gasteiger partial charge in [0.25, 0.3) is 5.91 Å². The molecule has 15 nitrogen and oxygen atoms in total. The van der Waals surface area contributed by atoms with Crippen molar-refractivity contribution in [2.75, 3.05) is 27.4 Å². The Bertz CT molecular complexity index is 1950. The number of nitrogens with one attached hydrogen (secondary N) is 3. The largest absolute Gasteiger partial charge is 0.494 e. The van der Waals surface area contributed by atoms with E-state index in [1.165, 1.54) is 37.4 Å². The van der Waals surface area contributed by atoms with E-state index in [-0.39, 0.29) is 37.6 Å². The zero-order valence-corrected chi connectivity index (χ0v) is 32.6. The number of hydrogen-bond donors (Lipinski definition) is 3. The van der Waals surface area contributed by atoms with Gasteiger partial charge in [0.1, 0.15) is 29.3 Å². The number of sulfonamides is 1. The number of halogens is 1. The lowest BCUT2D eigenvalue weighted by atomic mass is 9.92. The van der Waals surface area contributed by atoms with Gasteiger partial charge in [0.15, 0.2) is 11.6 Å². The van der Waals surface area contributed by atoms with Crippen LogP contribution in [0.2, 0.25) is 0 Å². The Hall–Kier alpha value is -4.51. The van der Waals surface area contributed by atoms with E-state index < -0.39 is 86.1 Å². The average molecular weight is 788 g/mol. The van der Waals surface area contributed by atoms with Crippen molar-refractivity contribution in [3.8, 4) is 11.6 Å². The number of aromatic nitrogens is 1. The zero-order valence-electron chi connectivity index (χ0n) is 31.8. The lowest BCUT2D eigenvalue weighted by Gasteiger charge is -2.33. The van der Waals surface area contributed by atoms with E-state index >= 15 is 0 Å². The second kappa shape index (κ2) is 15.9. The maximum Gasteiger partial charge on any atom is 0.408 e. The van der Waals surface area contributed by atoms with Gasteiger partial charge in [0.2, 0.25) is 27.7 Å². The van der Waals surface area contributed by atoms with Gasteiger partial charge in [0, 0.05) is 36.9 Å². The van der Waals surface area contributed by atoms with Gasteiger partial charge in [-0.25, -0.2) is 22.6 Å². The fourth-order valence-electron chi connectivity index (χ4n) is 7.38. The SMILES string of the molecule is COC[C@@H]1CCCC/C=C\[C@@H]2C[C@@]2(C(=O)NS(=O)(=O)C2CC2)NC(=O)[C@@H]2C[C@@H](Oc3nccc4cc(OC)c(F)cc34)CN2C(=O)[C@H]1NC(=O)OC(C)(C)C. The first-order chi connectivity index (χ1) is 26.0. The highest BCUT2D eigenvalue weighted by atomic mass is 32.2. The minimum atomic E-state index is -3.93. The van der Waals surface area contributed by atoms with E-state index in [4.69, 9.17) is 18.9 Å². The Labute approximate surface area is 320 Å². The number of allylic oxidation sites excluding steroid dienone is 1. The predicted molar refractivity (Wildman–Crippen MR) is 198 cm³/mol. The molecule has 2 aliphatic heterocycles. The molecule has 6 rings (SSSR count). The standard InChI is InChI=1S/C38H50FN5O10S/c1-37(2,3)54-36(48)41-31-23(21-51-4)10-8-6-7-9-11-24-19-38(24,35(47)43-55(49,50)26-12-13-26)42-32(45)29-17-25(20-44(29)34(31)46)53-33-27-18-28(39)30(52-5)16-22(27)14-15-40-33/h9,11,14-16,18,23-26,29,31H,6-8,10,12-13,17,19-21H2,1-5H3,(H,41,48)(H,42,45)(H,43,47)/b11-9-/t23-,24+,25+,29-,31-,38+/m0/s1. The zero-order chi connectivity index (χ0) is 39.7. The van der Waals surface area contributed by atoms with E-state index in [9.17, 15) is 32.0 Å². The molecule has 0 radical (unpaired) electrons. The van der Waals surface area contributed by atoms with Crippen LogP contribution in [0.5, 0.6) is 11.6 Å². The first kappa shape index (κ1) is 40.2. The highest BCUT2D eigenvalue weighted by Crippen LogP contribution is 2.46. The maximum atomic E-state index is 14.9. The molecule has 0 bridgehead atoms. The summed E-state index contributed by atoms with van der Waals surface area (Å²) in [7, 11) is -1.08. The topological polar surface area (TPSA) is 192 Å². The number of amides is 4. The van der Waals surface area contributed by atoms with Gasteiger partial charge in [-0.1, -0.05) is 18.6 Å². The third kappa shape index (κ3) is 9.14. The summed E-state index contributed by atoms with van der Waals surface area (Å²) in [4.78, 5) is 61.9. The molecular weight excluding hydrogens is 738 g/mol. The molecule has 300 valence electrons. The van der Waals surface area contributed by atoms with Crippen molar-refractivity contribution in [3.63, 3.8) is 0 Å². The van der Waals surface area contributed by atoms with E-state index in [0.717, 1.165) is 0 Å². The number of carbonyl (C=O) groups is 4. The van der Waals surface area contributed by atoms with Crippen molar-refractivity contribution in [2.45, 2.75) is 107 Å². The van der Waals surface area contributed by atoms with Gasteiger partial charge in [-0.05, 0) is 82.9 Å². The smallest absolute Gasteiger partial charge is 0.408 e. The fourth-order valence-corrected chi connectivity index (χ4v) is 8.74. The van der Waals surface area contributed by atoms with Crippen LogP contribution < -0.4 is 24.8 Å². The molecule has 4 aliphatic rings. The Balaban J connectivity index is 1.36. The van der Waals surface area contributed by atoms with Crippen LogP contribution in [0.15, 0.2) is 36.5 Å². The molecule has 3 heterocycles. The van der Waals surface area contributed by atoms with Crippen LogP contribution in [0.25, 0.3) is 10.8 Å². The second-order valence-electron chi connectivity index (χ2n) is 15.8. The van der Waals surface area contributed by atoms with Crippen LogP contribution in [0.1, 0.15) is 72.1 Å². The molecule has 55 heavy (non-hydrogen) atoms. The van der Waals surface area contributed by atoms with Crippen molar-refractivity contribution in [1.29, 1.82) is 0 Å². The van der Waals surface area contributed by atoms with Gasteiger partial charge < -0.3 is 34.5 Å². The molecular formula is C38H50FN5O10S. The quantitative estimate of drug-likeness (QED) is 0.316. The maximum absolute atomic E-state index is 14.9. The molecule has 1 aromatic carbocycles. The number of methoxy groups -OCH3 is 2. The molecule has 2 saturated carbocycles. The molecule has 0 unspecified atom stereocenters. The highest BCUT2D eigenvalue weighted by molar-refractivity contribution is 7.91. The normalized spacial score (nSPS) is 28.1. The Morgan fingerprint density at radius 1 is 1.13 bits per heavy atom. The molecule has 17 heteroatoms. The Kier molecular flexibility index (Phi) is 11.6. The first-order valence-electron chi connectivity index (χ1n) is 18.7. The number of alkyl carbamates (subject to hydrolysis) is 1. The Morgan fingerprint density at radius 3 is 2.58 bits per heavy atom. The number of rotatable bonds is 9. The summed E-state index contributed by atoms with van der Waals surface area (Å²) >= 11 is 0. The minimum Gasteiger partial charge on any atom is -0.494 e. The first-order valence-corrected chi connectivity index (χ1v) is 20.2. The minimum absolute atomic E-state index is 0.0314. The van der Waals surface area contributed by atoms with Crippen molar-refractivity contribution >= 4 is 44.6 Å². The van der Waals surface area contributed by atoms with Crippen LogP contribution in [0.3, 0.4) is 0 Å². The van der Waals surface area contributed by atoms with E-state index in [1.807, 2.05) is 12.2 Å². The molecule has 0 spiro atoms. The molecule has 2 aliphatic carbocycles. The van der Waals surface area contributed by atoms with Gasteiger partial charge in [-0.2, -0.15) is 0 Å². The van der Waals surface area contributed by atoms with Gasteiger partial charge >= 0.3 is 6.09 Å². The van der Waals surface area contributed by atoms with Crippen LogP contribution in [0.4, 0.5) is 9.18 Å². The van der Waals surface area contributed by atoms with Crippen molar-refractivity contribution < 1.29 is 50.9 Å². The number of carbonyl (C=O) groups excluding carboxylic acids is 4.